The summed E-state index contributed by atoms with van der Waals surface area (Å²) in [6, 6.07) is 16.3. The first-order chi connectivity index (χ1) is 10.3. The van der Waals surface area contributed by atoms with Crippen molar-refractivity contribution < 1.29 is 9.52 Å². The average molecular weight is 279 g/mol. The first-order valence-corrected chi connectivity index (χ1v) is 7.27. The van der Waals surface area contributed by atoms with E-state index < -0.39 is 0 Å². The van der Waals surface area contributed by atoms with E-state index in [0.717, 1.165) is 23.0 Å². The summed E-state index contributed by atoms with van der Waals surface area (Å²) in [5, 5.41) is 14.9. The fourth-order valence-electron chi connectivity index (χ4n) is 3.21. The van der Waals surface area contributed by atoms with Crippen molar-refractivity contribution in [2.45, 2.75) is 25.1 Å². The Labute approximate surface area is 123 Å². The van der Waals surface area contributed by atoms with Crippen LogP contribution in [-0.2, 0) is 13.0 Å². The van der Waals surface area contributed by atoms with E-state index in [1.807, 2.05) is 30.3 Å². The molecule has 4 rings (SSSR count). The van der Waals surface area contributed by atoms with Gasteiger partial charge in [0.15, 0.2) is 0 Å². The zero-order valence-electron chi connectivity index (χ0n) is 11.6. The van der Waals surface area contributed by atoms with Gasteiger partial charge in [-0.25, -0.2) is 0 Å². The van der Waals surface area contributed by atoms with Gasteiger partial charge < -0.3 is 14.8 Å². The van der Waals surface area contributed by atoms with Crippen LogP contribution in [0.1, 0.15) is 22.7 Å². The third-order valence-corrected chi connectivity index (χ3v) is 4.28. The maximum atomic E-state index is 10.3. The summed E-state index contributed by atoms with van der Waals surface area (Å²) >= 11 is 0. The molecule has 0 unspecified atom stereocenters. The molecule has 0 spiro atoms. The van der Waals surface area contributed by atoms with E-state index in [1.165, 1.54) is 11.1 Å². The van der Waals surface area contributed by atoms with Crippen LogP contribution in [0.5, 0.6) is 0 Å². The van der Waals surface area contributed by atoms with Crippen LogP contribution in [0, 0.1) is 0 Å². The highest BCUT2D eigenvalue weighted by Crippen LogP contribution is 2.32. The summed E-state index contributed by atoms with van der Waals surface area (Å²) in [7, 11) is 0. The molecule has 0 aliphatic heterocycles. The highest BCUT2D eigenvalue weighted by molar-refractivity contribution is 5.80. The van der Waals surface area contributed by atoms with Crippen molar-refractivity contribution in [2.75, 3.05) is 0 Å². The number of furan rings is 1. The number of para-hydroxylation sites is 1. The molecule has 2 aromatic carbocycles. The van der Waals surface area contributed by atoms with Gasteiger partial charge in [-0.15, -0.1) is 0 Å². The van der Waals surface area contributed by atoms with Crippen molar-refractivity contribution in [1.82, 2.24) is 5.32 Å². The smallest absolute Gasteiger partial charge is 0.134 e. The number of benzene rings is 2. The second-order valence-corrected chi connectivity index (χ2v) is 5.59. The molecule has 1 aromatic heterocycles. The van der Waals surface area contributed by atoms with Gasteiger partial charge in [0.1, 0.15) is 5.58 Å². The van der Waals surface area contributed by atoms with Gasteiger partial charge in [0, 0.05) is 23.9 Å². The summed E-state index contributed by atoms with van der Waals surface area (Å²) in [6.07, 6.45) is 2.16. The summed E-state index contributed by atoms with van der Waals surface area (Å²) in [5.41, 5.74) is 4.47. The molecule has 21 heavy (non-hydrogen) atoms. The zero-order chi connectivity index (χ0) is 14.2. The Bertz CT molecular complexity index is 777. The number of aliphatic hydroxyl groups excluding tert-OH is 1. The van der Waals surface area contributed by atoms with Gasteiger partial charge in [-0.1, -0.05) is 42.5 Å². The molecule has 1 aliphatic rings. The molecular weight excluding hydrogens is 262 g/mol. The van der Waals surface area contributed by atoms with Gasteiger partial charge in [0.25, 0.3) is 0 Å². The van der Waals surface area contributed by atoms with Crippen molar-refractivity contribution >= 4 is 11.0 Å². The molecule has 0 saturated heterocycles. The van der Waals surface area contributed by atoms with Gasteiger partial charge >= 0.3 is 0 Å². The Hall–Kier alpha value is -2.10. The largest absolute Gasteiger partial charge is 0.464 e. The van der Waals surface area contributed by atoms with Crippen LogP contribution < -0.4 is 5.32 Å². The van der Waals surface area contributed by atoms with Crippen LogP contribution in [0.15, 0.2) is 59.2 Å². The van der Waals surface area contributed by atoms with Crippen molar-refractivity contribution in [3.05, 3.63) is 71.5 Å². The number of hydrogen-bond acceptors (Lipinski definition) is 3. The van der Waals surface area contributed by atoms with Crippen LogP contribution >= 0.6 is 0 Å². The third kappa shape index (κ3) is 2.15. The number of nitrogens with one attached hydrogen (secondary N) is 1. The molecular formula is C18H17NO2. The fraction of sp³-hybridized carbons (Fsp3) is 0.222. The first kappa shape index (κ1) is 12.6. The van der Waals surface area contributed by atoms with Crippen LogP contribution in [0.2, 0.25) is 0 Å². The maximum absolute atomic E-state index is 10.3. The molecule has 0 radical (unpaired) electrons. The topological polar surface area (TPSA) is 45.4 Å². The second kappa shape index (κ2) is 5.02. The quantitative estimate of drug-likeness (QED) is 0.774. The van der Waals surface area contributed by atoms with Gasteiger partial charge in [-0.05, 0) is 17.2 Å². The van der Waals surface area contributed by atoms with E-state index in [4.69, 9.17) is 4.42 Å². The summed E-state index contributed by atoms with van der Waals surface area (Å²) in [5.74, 6) is 0. The van der Waals surface area contributed by atoms with Crippen LogP contribution in [0.4, 0.5) is 0 Å². The third-order valence-electron chi connectivity index (χ3n) is 4.28. The minimum atomic E-state index is -0.361. The Balaban J connectivity index is 1.57. The molecule has 1 aliphatic carbocycles. The lowest BCUT2D eigenvalue weighted by atomic mass is 10.1. The molecule has 2 N–H and O–H groups in total. The van der Waals surface area contributed by atoms with Crippen LogP contribution in [0.25, 0.3) is 11.0 Å². The lowest BCUT2D eigenvalue weighted by molar-refractivity contribution is 0.140. The summed E-state index contributed by atoms with van der Waals surface area (Å²) < 4.78 is 5.56. The number of rotatable bonds is 3. The SMILES string of the molecule is O[C@H]1Cc2ccccc2[C@H]1NCc1coc2ccccc12. The highest BCUT2D eigenvalue weighted by Gasteiger charge is 2.30. The standard InChI is InChI=1S/C18H17NO2/c20-16-9-12-5-1-2-7-15(12)18(16)19-10-13-11-21-17-8-4-3-6-14(13)17/h1-8,11,16,18-20H,9-10H2/t16-,18+/m0/s1. The van der Waals surface area contributed by atoms with Gasteiger partial charge in [-0.2, -0.15) is 0 Å². The predicted octanol–water partition coefficient (Wildman–Crippen LogP) is 3.18. The number of fused-ring (bicyclic) bond motifs is 2. The Kier molecular flexibility index (Phi) is 3.02. The van der Waals surface area contributed by atoms with E-state index >= 15 is 0 Å². The average Bonchev–Trinajstić information content (AvgIpc) is 3.06. The van der Waals surface area contributed by atoms with E-state index in [1.54, 1.807) is 6.26 Å². The van der Waals surface area contributed by atoms with Crippen LogP contribution in [0.3, 0.4) is 0 Å². The molecule has 2 atom stereocenters. The number of hydrogen-bond donors (Lipinski definition) is 2. The van der Waals surface area contributed by atoms with E-state index in [9.17, 15) is 5.11 Å². The fourth-order valence-corrected chi connectivity index (χ4v) is 3.21. The Morgan fingerprint density at radius 3 is 2.86 bits per heavy atom. The molecule has 3 aromatic rings. The van der Waals surface area contributed by atoms with Crippen LogP contribution in [-0.4, -0.2) is 11.2 Å². The van der Waals surface area contributed by atoms with Crippen molar-refractivity contribution in [3.63, 3.8) is 0 Å². The highest BCUT2D eigenvalue weighted by atomic mass is 16.3. The Morgan fingerprint density at radius 1 is 1.10 bits per heavy atom. The first-order valence-electron chi connectivity index (χ1n) is 7.27. The molecule has 1 heterocycles. The van der Waals surface area contributed by atoms with E-state index in [-0.39, 0.29) is 12.1 Å². The van der Waals surface area contributed by atoms with Crippen molar-refractivity contribution in [3.8, 4) is 0 Å². The van der Waals surface area contributed by atoms with Crippen molar-refractivity contribution in [1.29, 1.82) is 0 Å². The normalized spacial score (nSPS) is 20.8. The lowest BCUT2D eigenvalue weighted by Gasteiger charge is -2.17. The number of aliphatic hydroxyl groups is 1. The molecule has 3 heteroatoms. The monoisotopic (exact) mass is 279 g/mol. The van der Waals surface area contributed by atoms with Gasteiger partial charge in [0.05, 0.1) is 18.4 Å². The minimum Gasteiger partial charge on any atom is -0.464 e. The van der Waals surface area contributed by atoms with Crippen molar-refractivity contribution in [2.24, 2.45) is 0 Å². The molecule has 106 valence electrons. The maximum Gasteiger partial charge on any atom is 0.134 e. The second-order valence-electron chi connectivity index (χ2n) is 5.59. The molecule has 0 fully saturated rings. The molecule has 0 bridgehead atoms. The van der Waals surface area contributed by atoms with Gasteiger partial charge in [0.2, 0.25) is 0 Å². The van der Waals surface area contributed by atoms with Gasteiger partial charge in [-0.3, -0.25) is 0 Å². The Morgan fingerprint density at radius 2 is 1.90 bits per heavy atom. The minimum absolute atomic E-state index is 0.00476. The van der Waals surface area contributed by atoms with E-state index in [0.29, 0.717) is 6.54 Å². The summed E-state index contributed by atoms with van der Waals surface area (Å²) in [4.78, 5) is 0. The molecule has 0 amide bonds. The lowest BCUT2D eigenvalue weighted by Crippen LogP contribution is -2.28. The molecule has 0 saturated carbocycles. The summed E-state index contributed by atoms with van der Waals surface area (Å²) in [6.45, 7) is 0.688. The molecule has 3 nitrogen and oxygen atoms in total. The predicted molar refractivity (Wildman–Crippen MR) is 81.9 cm³/mol. The van der Waals surface area contributed by atoms with E-state index in [2.05, 4.69) is 23.5 Å². The zero-order valence-corrected chi connectivity index (χ0v) is 11.6.